The van der Waals surface area contributed by atoms with Crippen molar-refractivity contribution in [1.82, 2.24) is 4.98 Å². The van der Waals surface area contributed by atoms with E-state index in [9.17, 15) is 9.59 Å². The van der Waals surface area contributed by atoms with Crippen LogP contribution in [-0.4, -0.2) is 16.9 Å². The van der Waals surface area contributed by atoms with Gasteiger partial charge in [-0.05, 0) is 12.1 Å². The second-order valence-corrected chi connectivity index (χ2v) is 3.31. The molecule has 62 valence electrons. The SMILES string of the molecule is O=C=c1cc2ncsc2cc1=C=O. The number of fused-ring (bicyclic) bond motifs is 1. The number of nitrogens with zero attached hydrogens (tertiary/aromatic N) is 1. The van der Waals surface area contributed by atoms with Crippen LogP contribution in [0.3, 0.4) is 0 Å². The van der Waals surface area contributed by atoms with Gasteiger partial charge in [0.15, 0.2) is 0 Å². The van der Waals surface area contributed by atoms with Crippen LogP contribution in [-0.2, 0) is 9.59 Å². The van der Waals surface area contributed by atoms with E-state index < -0.39 is 0 Å². The van der Waals surface area contributed by atoms with Gasteiger partial charge >= 0.3 is 0 Å². The molecule has 0 radical (unpaired) electrons. The Hall–Kier alpha value is -1.73. The predicted molar refractivity (Wildman–Crippen MR) is 48.5 cm³/mol. The Morgan fingerprint density at radius 2 is 1.85 bits per heavy atom. The normalized spacial score (nSPS) is 9.54. The Kier molecular flexibility index (Phi) is 1.80. The highest BCUT2D eigenvalue weighted by Gasteiger charge is 1.97. The van der Waals surface area contributed by atoms with Crippen LogP contribution in [0.25, 0.3) is 10.2 Å². The highest BCUT2D eigenvalue weighted by Crippen LogP contribution is 2.12. The van der Waals surface area contributed by atoms with Crippen LogP contribution in [0.15, 0.2) is 17.6 Å². The minimum absolute atomic E-state index is 0.216. The molecule has 2 aromatic rings. The van der Waals surface area contributed by atoms with Gasteiger partial charge in [0.1, 0.15) is 11.9 Å². The lowest BCUT2D eigenvalue weighted by atomic mass is 10.2. The number of hydrogen-bond acceptors (Lipinski definition) is 4. The highest BCUT2D eigenvalue weighted by molar-refractivity contribution is 7.16. The van der Waals surface area contributed by atoms with E-state index in [1.165, 1.54) is 11.3 Å². The van der Waals surface area contributed by atoms with Gasteiger partial charge in [-0.1, -0.05) is 0 Å². The fraction of sp³-hybridized carbons (Fsp3) is 0. The van der Waals surface area contributed by atoms with Crippen LogP contribution < -0.4 is 10.4 Å². The van der Waals surface area contributed by atoms with Crippen LogP contribution >= 0.6 is 11.3 Å². The number of benzene rings is 1. The summed E-state index contributed by atoms with van der Waals surface area (Å²) in [4.78, 5) is 24.9. The number of hydrogen-bond donors (Lipinski definition) is 0. The maximum absolute atomic E-state index is 10.4. The molecule has 3 nitrogen and oxygen atoms in total. The molecule has 0 aliphatic rings. The minimum Gasteiger partial charge on any atom is -0.245 e. The van der Waals surface area contributed by atoms with Gasteiger partial charge in [0, 0.05) is 0 Å². The van der Waals surface area contributed by atoms with Crippen molar-refractivity contribution in [3.8, 4) is 0 Å². The first kappa shape index (κ1) is 7.90. The van der Waals surface area contributed by atoms with Crippen LogP contribution in [0.4, 0.5) is 0 Å². The molecule has 1 aromatic heterocycles. The zero-order chi connectivity index (χ0) is 9.26. The van der Waals surface area contributed by atoms with Crippen LogP contribution in [0.1, 0.15) is 0 Å². The lowest BCUT2D eigenvalue weighted by molar-refractivity contribution is 0.564. The van der Waals surface area contributed by atoms with E-state index in [1.54, 1.807) is 29.5 Å². The molecular weight excluding hydrogens is 186 g/mol. The third-order valence-electron chi connectivity index (χ3n) is 1.69. The summed E-state index contributed by atoms with van der Waals surface area (Å²) in [5.74, 6) is 3.38. The van der Waals surface area contributed by atoms with Crippen molar-refractivity contribution in [1.29, 1.82) is 0 Å². The molecule has 2 rings (SSSR count). The third-order valence-corrected chi connectivity index (χ3v) is 2.48. The summed E-state index contributed by atoms with van der Waals surface area (Å²) in [5, 5.41) is 0.458. The maximum Gasteiger partial charge on any atom is 0.133 e. The molecule has 0 saturated heterocycles. The minimum atomic E-state index is 0.216. The first-order chi connectivity index (χ1) is 6.35. The Bertz CT molecular complexity index is 565. The van der Waals surface area contributed by atoms with Crippen molar-refractivity contribution in [2.45, 2.75) is 0 Å². The van der Waals surface area contributed by atoms with Gasteiger partial charge in [-0.2, -0.15) is 0 Å². The lowest BCUT2D eigenvalue weighted by Gasteiger charge is -1.83. The van der Waals surface area contributed by atoms with Crippen molar-refractivity contribution >= 4 is 33.4 Å². The number of aromatic nitrogens is 1. The third kappa shape index (κ3) is 1.19. The smallest absolute Gasteiger partial charge is 0.133 e. The molecule has 1 aromatic carbocycles. The monoisotopic (exact) mass is 189 g/mol. The van der Waals surface area contributed by atoms with Crippen molar-refractivity contribution in [2.24, 2.45) is 0 Å². The van der Waals surface area contributed by atoms with E-state index in [1.807, 2.05) is 0 Å². The molecule has 1 heterocycles. The molecular formula is C9H3NO2S. The maximum atomic E-state index is 10.4. The molecule has 0 amide bonds. The summed E-state index contributed by atoms with van der Waals surface area (Å²) < 4.78 is 0.873. The molecule has 0 unspecified atom stereocenters. The standard InChI is InChI=1S/C9H3NO2S/c11-3-6-1-8-9(13-5-10-8)2-7(6)4-12/h1-2,5H. The van der Waals surface area contributed by atoms with Crippen molar-refractivity contribution in [3.05, 3.63) is 28.1 Å². The van der Waals surface area contributed by atoms with Gasteiger partial charge < -0.3 is 0 Å². The first-order valence-corrected chi connectivity index (χ1v) is 4.36. The molecule has 0 spiro atoms. The molecule has 4 heteroatoms. The van der Waals surface area contributed by atoms with Gasteiger partial charge in [-0.15, -0.1) is 11.3 Å². The van der Waals surface area contributed by atoms with Gasteiger partial charge in [-0.3, -0.25) is 0 Å². The van der Waals surface area contributed by atoms with Gasteiger partial charge in [0.2, 0.25) is 0 Å². The summed E-state index contributed by atoms with van der Waals surface area (Å²) in [6.07, 6.45) is 0. The fourth-order valence-corrected chi connectivity index (χ4v) is 1.77. The molecule has 0 fully saturated rings. The Labute approximate surface area is 76.6 Å². The fourth-order valence-electron chi connectivity index (χ4n) is 1.07. The average molecular weight is 189 g/mol. The van der Waals surface area contributed by atoms with Gasteiger partial charge in [-0.25, -0.2) is 14.6 Å². The summed E-state index contributed by atoms with van der Waals surface area (Å²) in [7, 11) is 0. The summed E-state index contributed by atoms with van der Waals surface area (Å²) in [5.41, 5.74) is 2.37. The van der Waals surface area contributed by atoms with Crippen LogP contribution in [0.2, 0.25) is 0 Å². The number of rotatable bonds is 0. The quantitative estimate of drug-likeness (QED) is 0.550. The molecule has 13 heavy (non-hydrogen) atoms. The zero-order valence-electron chi connectivity index (χ0n) is 6.40. The lowest BCUT2D eigenvalue weighted by Crippen LogP contribution is -2.26. The van der Waals surface area contributed by atoms with Gasteiger partial charge in [0.05, 0.1) is 26.2 Å². The van der Waals surface area contributed by atoms with Crippen molar-refractivity contribution < 1.29 is 9.59 Å². The second kappa shape index (κ2) is 2.96. The Morgan fingerprint density at radius 3 is 2.54 bits per heavy atom. The van der Waals surface area contributed by atoms with E-state index in [4.69, 9.17) is 0 Å². The van der Waals surface area contributed by atoms with Crippen molar-refractivity contribution in [2.75, 3.05) is 0 Å². The topological polar surface area (TPSA) is 47.0 Å². The largest absolute Gasteiger partial charge is 0.245 e. The van der Waals surface area contributed by atoms with Crippen molar-refractivity contribution in [3.63, 3.8) is 0 Å². The summed E-state index contributed by atoms with van der Waals surface area (Å²) in [6, 6.07) is 3.14. The first-order valence-electron chi connectivity index (χ1n) is 3.48. The van der Waals surface area contributed by atoms with E-state index >= 15 is 0 Å². The van der Waals surface area contributed by atoms with Crippen LogP contribution in [0.5, 0.6) is 0 Å². The molecule has 0 saturated carbocycles. The number of thiazole rings is 1. The molecule has 0 atom stereocenters. The molecule has 0 N–H and O–H groups in total. The molecule has 0 aliphatic carbocycles. The van der Waals surface area contributed by atoms with E-state index in [2.05, 4.69) is 4.98 Å². The van der Waals surface area contributed by atoms with E-state index in [-0.39, 0.29) is 10.4 Å². The zero-order valence-corrected chi connectivity index (χ0v) is 7.22. The Balaban J connectivity index is 3.18. The highest BCUT2D eigenvalue weighted by atomic mass is 32.1. The Morgan fingerprint density at radius 1 is 1.15 bits per heavy atom. The van der Waals surface area contributed by atoms with E-state index in [0.717, 1.165) is 4.70 Å². The number of carbonyl (C=O) groups excluding carboxylic acids is 2. The molecule has 0 aliphatic heterocycles. The van der Waals surface area contributed by atoms with Crippen LogP contribution in [0, 0.1) is 0 Å². The molecule has 0 bridgehead atoms. The van der Waals surface area contributed by atoms with E-state index in [0.29, 0.717) is 5.52 Å². The second-order valence-electron chi connectivity index (χ2n) is 2.42. The predicted octanol–water partition coefficient (Wildman–Crippen LogP) is -0.697. The summed E-state index contributed by atoms with van der Waals surface area (Å²) >= 11 is 1.42. The summed E-state index contributed by atoms with van der Waals surface area (Å²) in [6.45, 7) is 0. The van der Waals surface area contributed by atoms with Gasteiger partial charge in [0.25, 0.3) is 0 Å². The average Bonchev–Trinajstić information content (AvgIpc) is 2.62.